The Labute approximate surface area is 130 Å². The van der Waals surface area contributed by atoms with Crippen molar-refractivity contribution in [1.29, 1.82) is 0 Å². The maximum absolute atomic E-state index is 10.9. The maximum atomic E-state index is 10.9. The molecule has 0 atom stereocenters. The van der Waals surface area contributed by atoms with Gasteiger partial charge in [-0.2, -0.15) is 0 Å². The molecule has 0 fully saturated rings. The Morgan fingerprint density at radius 2 is 1.43 bits per heavy atom. The van der Waals surface area contributed by atoms with Crippen molar-refractivity contribution in [2.45, 2.75) is 57.8 Å². The van der Waals surface area contributed by atoms with E-state index in [-0.39, 0.29) is 5.97 Å². The molecule has 0 aliphatic carbocycles. The zero-order chi connectivity index (χ0) is 15.6. The molecule has 118 valence electrons. The maximum Gasteiger partial charge on any atom is 0.305 e. The minimum absolute atomic E-state index is 0.0963. The Bertz CT molecular complexity index is 337. The molecule has 0 aromatic rings. The first kappa shape index (κ1) is 19.4. The van der Waals surface area contributed by atoms with E-state index in [0.717, 1.165) is 38.5 Å². The van der Waals surface area contributed by atoms with E-state index in [1.165, 1.54) is 20.0 Å². The molecule has 0 aromatic heterocycles. The smallest absolute Gasteiger partial charge is 0.305 e. The molecule has 0 unspecified atom stereocenters. The number of carbonyl (C=O) groups excluding carboxylic acids is 1. The lowest BCUT2D eigenvalue weighted by molar-refractivity contribution is -0.140. The van der Waals surface area contributed by atoms with Gasteiger partial charge in [0.1, 0.15) is 0 Å². The molecule has 0 heterocycles. The third-order valence-corrected chi connectivity index (χ3v) is 3.08. The lowest BCUT2D eigenvalue weighted by atomic mass is 10.1. The fraction of sp³-hybridized carbons (Fsp3) is 0.526. The minimum atomic E-state index is -0.0963. The largest absolute Gasteiger partial charge is 0.469 e. The Morgan fingerprint density at radius 3 is 2.05 bits per heavy atom. The summed E-state index contributed by atoms with van der Waals surface area (Å²) in [5, 5.41) is 0. The van der Waals surface area contributed by atoms with Gasteiger partial charge < -0.3 is 4.74 Å². The molecule has 0 saturated carbocycles. The molecule has 0 rings (SSSR count). The van der Waals surface area contributed by atoms with Gasteiger partial charge in [-0.15, -0.1) is 6.58 Å². The molecule has 0 saturated heterocycles. The van der Waals surface area contributed by atoms with Crippen LogP contribution in [0, 0.1) is 0 Å². The van der Waals surface area contributed by atoms with E-state index in [4.69, 9.17) is 0 Å². The number of esters is 1. The number of hydrogen-bond donors (Lipinski definition) is 0. The predicted octanol–water partition coefficient (Wildman–Crippen LogP) is 5.52. The van der Waals surface area contributed by atoms with E-state index < -0.39 is 0 Å². The monoisotopic (exact) mass is 290 g/mol. The second kappa shape index (κ2) is 16.5. The van der Waals surface area contributed by atoms with Crippen molar-refractivity contribution in [3.05, 3.63) is 49.1 Å². The van der Waals surface area contributed by atoms with Gasteiger partial charge in [0.05, 0.1) is 7.11 Å². The summed E-state index contributed by atoms with van der Waals surface area (Å²) >= 11 is 0. The number of carbonyl (C=O) groups is 1. The summed E-state index contributed by atoms with van der Waals surface area (Å²) in [6.07, 6.45) is 24.1. The summed E-state index contributed by atoms with van der Waals surface area (Å²) in [5.74, 6) is -0.0963. The summed E-state index contributed by atoms with van der Waals surface area (Å²) in [6, 6.07) is 0. The number of methoxy groups -OCH3 is 1. The first-order chi connectivity index (χ1) is 10.3. The van der Waals surface area contributed by atoms with Gasteiger partial charge in [-0.25, -0.2) is 0 Å². The van der Waals surface area contributed by atoms with Crippen molar-refractivity contribution in [1.82, 2.24) is 0 Å². The van der Waals surface area contributed by atoms with Crippen LogP contribution in [0.1, 0.15) is 57.8 Å². The van der Waals surface area contributed by atoms with Gasteiger partial charge >= 0.3 is 5.97 Å². The first-order valence-electron chi connectivity index (χ1n) is 7.94. The standard InChI is InChI=1S/C19H30O2/c1-3-4-5-6-7-8-9-10-11-12-13-14-15-16-17-18-19(20)21-2/h3,5-6,8-9,11-12H,1,4,7,10,13-18H2,2H3/b6-5-,9-8-,12-11-. The molecule has 0 amide bonds. The van der Waals surface area contributed by atoms with E-state index in [2.05, 4.69) is 47.8 Å². The molecule has 2 heteroatoms. The molecule has 0 N–H and O–H groups in total. The summed E-state index contributed by atoms with van der Waals surface area (Å²) in [6.45, 7) is 3.67. The van der Waals surface area contributed by atoms with Crippen LogP contribution in [0.15, 0.2) is 49.1 Å². The summed E-state index contributed by atoms with van der Waals surface area (Å²) in [4.78, 5) is 10.9. The number of rotatable bonds is 13. The van der Waals surface area contributed by atoms with Gasteiger partial charge in [0.2, 0.25) is 0 Å². The van der Waals surface area contributed by atoms with Crippen LogP contribution < -0.4 is 0 Å². The predicted molar refractivity (Wildman–Crippen MR) is 91.2 cm³/mol. The Balaban J connectivity index is 3.31. The molecule has 0 aromatic carbocycles. The second-order valence-electron chi connectivity index (χ2n) is 4.94. The van der Waals surface area contributed by atoms with Crippen LogP contribution in [0.5, 0.6) is 0 Å². The minimum Gasteiger partial charge on any atom is -0.469 e. The number of allylic oxidation sites excluding steroid dienone is 7. The van der Waals surface area contributed by atoms with E-state index in [9.17, 15) is 4.79 Å². The van der Waals surface area contributed by atoms with Crippen LogP contribution in [-0.4, -0.2) is 13.1 Å². The van der Waals surface area contributed by atoms with E-state index in [1.54, 1.807) is 0 Å². The highest BCUT2D eigenvalue weighted by atomic mass is 16.5. The molecule has 0 bridgehead atoms. The summed E-state index contributed by atoms with van der Waals surface area (Å²) in [7, 11) is 1.44. The third kappa shape index (κ3) is 16.4. The van der Waals surface area contributed by atoms with Gasteiger partial charge in [0.25, 0.3) is 0 Å². The molecule has 0 spiro atoms. The van der Waals surface area contributed by atoms with E-state index in [0.29, 0.717) is 6.42 Å². The average molecular weight is 290 g/mol. The quantitative estimate of drug-likeness (QED) is 0.253. The highest BCUT2D eigenvalue weighted by Crippen LogP contribution is 2.06. The lowest BCUT2D eigenvalue weighted by Crippen LogP contribution is -1.98. The van der Waals surface area contributed by atoms with Gasteiger partial charge in [0.15, 0.2) is 0 Å². The Morgan fingerprint density at radius 1 is 0.857 bits per heavy atom. The van der Waals surface area contributed by atoms with Crippen molar-refractivity contribution in [3.8, 4) is 0 Å². The van der Waals surface area contributed by atoms with Gasteiger partial charge in [0, 0.05) is 6.42 Å². The molecular formula is C19H30O2. The highest BCUT2D eigenvalue weighted by molar-refractivity contribution is 5.68. The van der Waals surface area contributed by atoms with Gasteiger partial charge in [-0.05, 0) is 38.5 Å². The second-order valence-corrected chi connectivity index (χ2v) is 4.94. The van der Waals surface area contributed by atoms with Crippen molar-refractivity contribution < 1.29 is 9.53 Å². The first-order valence-corrected chi connectivity index (χ1v) is 7.94. The number of unbranched alkanes of at least 4 members (excludes halogenated alkanes) is 4. The zero-order valence-electron chi connectivity index (χ0n) is 13.4. The third-order valence-electron chi connectivity index (χ3n) is 3.08. The lowest BCUT2D eigenvalue weighted by Gasteiger charge is -1.99. The fourth-order valence-corrected chi connectivity index (χ4v) is 1.84. The topological polar surface area (TPSA) is 26.3 Å². The fourth-order valence-electron chi connectivity index (χ4n) is 1.84. The van der Waals surface area contributed by atoms with Crippen molar-refractivity contribution >= 4 is 5.97 Å². The Hall–Kier alpha value is -1.57. The number of ether oxygens (including phenoxy) is 1. The van der Waals surface area contributed by atoms with Crippen LogP contribution in [0.4, 0.5) is 0 Å². The highest BCUT2D eigenvalue weighted by Gasteiger charge is 1.98. The van der Waals surface area contributed by atoms with Crippen molar-refractivity contribution in [2.24, 2.45) is 0 Å². The van der Waals surface area contributed by atoms with E-state index in [1.807, 2.05) is 6.08 Å². The summed E-state index contributed by atoms with van der Waals surface area (Å²) in [5.41, 5.74) is 0. The molecule has 21 heavy (non-hydrogen) atoms. The van der Waals surface area contributed by atoms with Crippen LogP contribution in [0.25, 0.3) is 0 Å². The molecule has 2 nitrogen and oxygen atoms in total. The van der Waals surface area contributed by atoms with E-state index >= 15 is 0 Å². The zero-order valence-corrected chi connectivity index (χ0v) is 13.4. The van der Waals surface area contributed by atoms with Crippen LogP contribution in [-0.2, 0) is 9.53 Å². The van der Waals surface area contributed by atoms with Crippen LogP contribution in [0.2, 0.25) is 0 Å². The van der Waals surface area contributed by atoms with Crippen LogP contribution >= 0.6 is 0 Å². The van der Waals surface area contributed by atoms with Crippen LogP contribution in [0.3, 0.4) is 0 Å². The van der Waals surface area contributed by atoms with Gasteiger partial charge in [-0.1, -0.05) is 55.4 Å². The normalized spacial score (nSPS) is 11.7. The van der Waals surface area contributed by atoms with Crippen molar-refractivity contribution in [2.75, 3.05) is 7.11 Å². The summed E-state index contributed by atoms with van der Waals surface area (Å²) < 4.78 is 4.60. The molecule has 0 aliphatic rings. The molecular weight excluding hydrogens is 260 g/mol. The molecule has 0 aliphatic heterocycles. The SMILES string of the molecule is C=CC/C=C\C/C=C\C/C=C\CCCCCCC(=O)OC. The Kier molecular flexibility index (Phi) is 15.3. The number of hydrogen-bond acceptors (Lipinski definition) is 2. The molecule has 0 radical (unpaired) electrons. The van der Waals surface area contributed by atoms with Crippen molar-refractivity contribution in [3.63, 3.8) is 0 Å². The average Bonchev–Trinajstić information content (AvgIpc) is 2.50. The van der Waals surface area contributed by atoms with Gasteiger partial charge in [-0.3, -0.25) is 4.79 Å².